The highest BCUT2D eigenvalue weighted by Gasteiger charge is 2.09. The van der Waals surface area contributed by atoms with E-state index in [1.807, 2.05) is 6.07 Å². The molecule has 0 aliphatic rings. The summed E-state index contributed by atoms with van der Waals surface area (Å²) in [5.74, 6) is 0. The summed E-state index contributed by atoms with van der Waals surface area (Å²) in [5, 5.41) is 10.6. The average Bonchev–Trinajstić information content (AvgIpc) is 2.66. The number of aromatic nitrogens is 2. The molecule has 0 atom stereocenters. The summed E-state index contributed by atoms with van der Waals surface area (Å²) in [4.78, 5) is 0. The van der Waals surface area contributed by atoms with Gasteiger partial charge in [0.1, 0.15) is 0 Å². The minimum atomic E-state index is 0.550. The maximum Gasteiger partial charge on any atom is 0.160 e. The first-order chi connectivity index (χ1) is 7.18. The van der Waals surface area contributed by atoms with Crippen molar-refractivity contribution < 1.29 is 4.63 Å². The zero-order valence-electron chi connectivity index (χ0n) is 7.83. The maximum atomic E-state index is 5.71. The van der Waals surface area contributed by atoms with Crippen LogP contribution in [0.3, 0.4) is 0 Å². The van der Waals surface area contributed by atoms with Gasteiger partial charge in [0.25, 0.3) is 0 Å². The number of halogens is 1. The summed E-state index contributed by atoms with van der Waals surface area (Å²) >= 11 is 3.26. The monoisotopic (exact) mass is 268 g/mol. The number of benzene rings is 1. The lowest BCUT2D eigenvalue weighted by molar-refractivity contribution is 0.316. The summed E-state index contributed by atoms with van der Waals surface area (Å²) in [6.45, 7) is 4.33. The van der Waals surface area contributed by atoms with E-state index >= 15 is 0 Å². The molecule has 1 aromatic carbocycles. The van der Waals surface area contributed by atoms with Gasteiger partial charge in [0, 0.05) is 11.0 Å². The van der Waals surface area contributed by atoms with Gasteiger partial charge >= 0.3 is 0 Å². The second-order valence-electron chi connectivity index (χ2n) is 3.03. The third kappa shape index (κ3) is 1.94. The number of hydrogen-bond donors (Lipinski definition) is 2. The lowest BCUT2D eigenvalue weighted by Gasteiger charge is -2.05. The van der Waals surface area contributed by atoms with Crippen LogP contribution in [-0.4, -0.2) is 16.9 Å². The molecule has 0 fully saturated rings. The van der Waals surface area contributed by atoms with Gasteiger partial charge in [-0.15, -0.1) is 0 Å². The molecule has 0 bridgehead atoms. The van der Waals surface area contributed by atoms with Gasteiger partial charge in [-0.05, 0) is 22.4 Å². The van der Waals surface area contributed by atoms with Gasteiger partial charge in [-0.3, -0.25) is 0 Å². The average molecular weight is 269 g/mol. The van der Waals surface area contributed by atoms with Crippen molar-refractivity contribution in [2.24, 2.45) is 0 Å². The molecule has 5 nitrogen and oxygen atoms in total. The summed E-state index contributed by atoms with van der Waals surface area (Å²) in [6, 6.07) is 3.59. The van der Waals surface area contributed by atoms with E-state index in [4.69, 9.17) is 5.73 Å². The van der Waals surface area contributed by atoms with Crippen LogP contribution < -0.4 is 11.1 Å². The fourth-order valence-electron chi connectivity index (χ4n) is 1.22. The molecule has 2 rings (SSSR count). The predicted octanol–water partition coefficient (Wildman–Crippen LogP) is 2.13. The summed E-state index contributed by atoms with van der Waals surface area (Å²) in [7, 11) is 0. The molecule has 1 aromatic heterocycles. The van der Waals surface area contributed by atoms with Crippen molar-refractivity contribution in [2.45, 2.75) is 0 Å². The number of nitrogen functional groups attached to an aromatic ring is 1. The fraction of sp³-hybridized carbons (Fsp3) is 0.111. The number of fused-ring (bicyclic) bond motifs is 1. The number of nitrogens with zero attached hydrogens (tertiary/aromatic N) is 2. The molecule has 1 heterocycles. The Morgan fingerprint density at radius 2 is 2.20 bits per heavy atom. The van der Waals surface area contributed by atoms with E-state index in [0.29, 0.717) is 23.3 Å². The number of rotatable bonds is 3. The van der Waals surface area contributed by atoms with Crippen LogP contribution in [0.15, 0.2) is 27.8 Å². The normalized spacial score (nSPS) is 10.5. The van der Waals surface area contributed by atoms with Crippen LogP contribution in [0, 0.1) is 0 Å². The molecular weight excluding hydrogens is 260 g/mol. The SMILES string of the molecule is C=C(Br)CNc1ccc(N)c2nonc12. The van der Waals surface area contributed by atoms with Gasteiger partial charge in [0.2, 0.25) is 0 Å². The summed E-state index contributed by atoms with van der Waals surface area (Å²) in [6.07, 6.45) is 0. The highest BCUT2D eigenvalue weighted by Crippen LogP contribution is 2.25. The van der Waals surface area contributed by atoms with Gasteiger partial charge in [0.15, 0.2) is 11.0 Å². The Balaban J connectivity index is 2.39. The highest BCUT2D eigenvalue weighted by atomic mass is 79.9. The van der Waals surface area contributed by atoms with Crippen molar-refractivity contribution in [3.63, 3.8) is 0 Å². The second kappa shape index (κ2) is 3.90. The van der Waals surface area contributed by atoms with Crippen molar-refractivity contribution in [1.82, 2.24) is 10.3 Å². The topological polar surface area (TPSA) is 77.0 Å². The van der Waals surface area contributed by atoms with Crippen molar-refractivity contribution >= 4 is 38.3 Å². The van der Waals surface area contributed by atoms with Crippen LogP contribution in [0.25, 0.3) is 11.0 Å². The van der Waals surface area contributed by atoms with E-state index in [9.17, 15) is 0 Å². The minimum absolute atomic E-state index is 0.550. The standard InChI is InChI=1S/C9H9BrN4O/c1-5(10)4-12-7-3-2-6(11)8-9(7)14-15-13-8/h2-3,12H,1,4,11H2. The third-order valence-corrected chi connectivity index (χ3v) is 2.20. The van der Waals surface area contributed by atoms with Crippen LogP contribution in [0.5, 0.6) is 0 Å². The molecule has 2 aromatic rings. The Morgan fingerprint density at radius 1 is 1.47 bits per heavy atom. The Morgan fingerprint density at radius 3 is 2.93 bits per heavy atom. The number of nitrogens with two attached hydrogens (primary N) is 1. The van der Waals surface area contributed by atoms with Crippen LogP contribution >= 0.6 is 15.9 Å². The van der Waals surface area contributed by atoms with Crippen molar-refractivity contribution in [1.29, 1.82) is 0 Å². The second-order valence-corrected chi connectivity index (χ2v) is 4.16. The fourth-order valence-corrected chi connectivity index (χ4v) is 1.36. The van der Waals surface area contributed by atoms with E-state index in [2.05, 4.69) is 42.8 Å². The van der Waals surface area contributed by atoms with E-state index in [0.717, 1.165) is 10.2 Å². The molecule has 0 saturated carbocycles. The Hall–Kier alpha value is -1.56. The Bertz CT molecular complexity index is 508. The number of anilines is 2. The first-order valence-corrected chi connectivity index (χ1v) is 5.05. The predicted molar refractivity (Wildman–Crippen MR) is 62.8 cm³/mol. The smallest absolute Gasteiger partial charge is 0.160 e. The third-order valence-electron chi connectivity index (χ3n) is 1.92. The molecule has 15 heavy (non-hydrogen) atoms. The summed E-state index contributed by atoms with van der Waals surface area (Å²) < 4.78 is 5.49. The van der Waals surface area contributed by atoms with Crippen molar-refractivity contribution in [3.05, 3.63) is 23.2 Å². The van der Waals surface area contributed by atoms with Crippen LogP contribution in [-0.2, 0) is 0 Å². The van der Waals surface area contributed by atoms with E-state index in [-0.39, 0.29) is 0 Å². The van der Waals surface area contributed by atoms with Crippen LogP contribution in [0.4, 0.5) is 11.4 Å². The molecule has 78 valence electrons. The Kier molecular flexibility index (Phi) is 2.59. The largest absolute Gasteiger partial charge is 0.397 e. The van der Waals surface area contributed by atoms with Gasteiger partial charge in [-0.2, -0.15) is 0 Å². The summed E-state index contributed by atoms with van der Waals surface area (Å²) in [5.41, 5.74) is 8.28. The molecule has 0 unspecified atom stereocenters. The molecule has 0 spiro atoms. The molecule has 0 radical (unpaired) electrons. The van der Waals surface area contributed by atoms with Crippen LogP contribution in [0.1, 0.15) is 0 Å². The van der Waals surface area contributed by atoms with Gasteiger partial charge in [-0.25, -0.2) is 4.63 Å². The number of hydrogen-bond acceptors (Lipinski definition) is 5. The van der Waals surface area contributed by atoms with Crippen LogP contribution in [0.2, 0.25) is 0 Å². The zero-order valence-corrected chi connectivity index (χ0v) is 9.41. The lowest BCUT2D eigenvalue weighted by atomic mass is 10.2. The Labute approximate surface area is 94.4 Å². The minimum Gasteiger partial charge on any atom is -0.397 e. The molecular formula is C9H9BrN4O. The first-order valence-electron chi connectivity index (χ1n) is 4.26. The van der Waals surface area contributed by atoms with Crippen molar-refractivity contribution in [2.75, 3.05) is 17.6 Å². The van der Waals surface area contributed by atoms with Gasteiger partial charge in [-0.1, -0.05) is 22.5 Å². The zero-order chi connectivity index (χ0) is 10.8. The van der Waals surface area contributed by atoms with E-state index in [1.165, 1.54) is 0 Å². The molecule has 0 saturated heterocycles. The molecule has 0 aliphatic carbocycles. The lowest BCUT2D eigenvalue weighted by Crippen LogP contribution is -2.01. The maximum absolute atomic E-state index is 5.71. The first kappa shape index (κ1) is 9.97. The highest BCUT2D eigenvalue weighted by molar-refractivity contribution is 9.11. The molecule has 3 N–H and O–H groups in total. The molecule has 6 heteroatoms. The van der Waals surface area contributed by atoms with Crippen molar-refractivity contribution in [3.8, 4) is 0 Å². The quantitative estimate of drug-likeness (QED) is 0.834. The number of nitrogens with one attached hydrogen (secondary N) is 1. The van der Waals surface area contributed by atoms with Gasteiger partial charge in [0.05, 0.1) is 11.4 Å². The molecule has 0 amide bonds. The van der Waals surface area contributed by atoms with E-state index in [1.54, 1.807) is 6.07 Å². The van der Waals surface area contributed by atoms with Gasteiger partial charge < -0.3 is 11.1 Å². The van der Waals surface area contributed by atoms with E-state index < -0.39 is 0 Å². The molecule has 0 aliphatic heterocycles.